The standard InChI is InChI=1S/C25H32ClFN2O4/c1-17(25(31)32-2)23-8-7-20(27)13-24(23)33-16-22(30)14-28-21-9-11-29(12-10-21)15-18-3-5-19(26)6-4-18/h3-8,13,17,21-22,28,30H,9-12,14-16H2,1-2H3/t17?,22-/m0/s1. The predicted molar refractivity (Wildman–Crippen MR) is 126 cm³/mol. The van der Waals surface area contributed by atoms with Crippen LogP contribution in [0.2, 0.25) is 5.02 Å². The molecule has 0 aromatic heterocycles. The van der Waals surface area contributed by atoms with Crippen LogP contribution in [0.1, 0.15) is 36.8 Å². The second kappa shape index (κ2) is 12.3. The van der Waals surface area contributed by atoms with Crippen molar-refractivity contribution in [3.8, 4) is 5.75 Å². The quantitative estimate of drug-likeness (QED) is 0.507. The Bertz CT molecular complexity index is 904. The maximum absolute atomic E-state index is 13.7. The summed E-state index contributed by atoms with van der Waals surface area (Å²) in [5.74, 6) is -1.26. The number of hydrogen-bond acceptors (Lipinski definition) is 6. The molecule has 2 aromatic rings. The zero-order valence-corrected chi connectivity index (χ0v) is 19.9. The number of aliphatic hydroxyl groups is 1. The van der Waals surface area contributed by atoms with E-state index in [0.717, 1.165) is 37.5 Å². The lowest BCUT2D eigenvalue weighted by Gasteiger charge is -2.33. The Kier molecular flexibility index (Phi) is 9.50. The Morgan fingerprint density at radius 2 is 1.94 bits per heavy atom. The number of piperidine rings is 1. The first kappa shape index (κ1) is 25.4. The number of halogens is 2. The fourth-order valence-electron chi connectivity index (χ4n) is 3.99. The number of carbonyl (C=O) groups is 1. The molecule has 0 amide bonds. The number of methoxy groups -OCH3 is 1. The lowest BCUT2D eigenvalue weighted by atomic mass is 10.00. The first-order valence-corrected chi connectivity index (χ1v) is 11.6. The Morgan fingerprint density at radius 1 is 1.24 bits per heavy atom. The van der Waals surface area contributed by atoms with Crippen LogP contribution in [0.3, 0.4) is 0 Å². The molecule has 1 heterocycles. The minimum Gasteiger partial charge on any atom is -0.490 e. The van der Waals surface area contributed by atoms with Gasteiger partial charge in [0.1, 0.15) is 24.3 Å². The van der Waals surface area contributed by atoms with Crippen LogP contribution in [0.15, 0.2) is 42.5 Å². The Balaban J connectivity index is 1.41. The van der Waals surface area contributed by atoms with Gasteiger partial charge in [0.15, 0.2) is 0 Å². The van der Waals surface area contributed by atoms with Gasteiger partial charge in [-0.3, -0.25) is 9.69 Å². The number of nitrogens with zero attached hydrogens (tertiary/aromatic N) is 1. The van der Waals surface area contributed by atoms with E-state index in [9.17, 15) is 14.3 Å². The van der Waals surface area contributed by atoms with Crippen molar-refractivity contribution < 1.29 is 23.8 Å². The summed E-state index contributed by atoms with van der Waals surface area (Å²) in [7, 11) is 1.31. The first-order valence-electron chi connectivity index (χ1n) is 11.2. The molecular weight excluding hydrogens is 447 g/mol. The largest absolute Gasteiger partial charge is 0.490 e. The van der Waals surface area contributed by atoms with Crippen molar-refractivity contribution >= 4 is 17.6 Å². The van der Waals surface area contributed by atoms with Crippen LogP contribution < -0.4 is 10.1 Å². The highest BCUT2D eigenvalue weighted by molar-refractivity contribution is 6.30. The number of benzene rings is 2. The second-order valence-corrected chi connectivity index (χ2v) is 8.91. The van der Waals surface area contributed by atoms with Gasteiger partial charge in [-0.1, -0.05) is 29.8 Å². The van der Waals surface area contributed by atoms with Gasteiger partial charge >= 0.3 is 5.97 Å². The lowest BCUT2D eigenvalue weighted by molar-refractivity contribution is -0.142. The lowest BCUT2D eigenvalue weighted by Crippen LogP contribution is -2.45. The average Bonchev–Trinajstić information content (AvgIpc) is 2.83. The zero-order valence-electron chi connectivity index (χ0n) is 19.1. The second-order valence-electron chi connectivity index (χ2n) is 8.48. The predicted octanol–water partition coefficient (Wildman–Crippen LogP) is 3.75. The molecule has 1 saturated heterocycles. The van der Waals surface area contributed by atoms with Crippen molar-refractivity contribution in [2.75, 3.05) is 33.4 Å². The van der Waals surface area contributed by atoms with Gasteiger partial charge in [0.2, 0.25) is 0 Å². The molecule has 2 aromatic carbocycles. The number of esters is 1. The van der Waals surface area contributed by atoms with Crippen LogP contribution in [0.5, 0.6) is 5.75 Å². The molecule has 1 aliphatic heterocycles. The van der Waals surface area contributed by atoms with E-state index in [1.54, 1.807) is 6.92 Å². The smallest absolute Gasteiger partial charge is 0.312 e. The minimum absolute atomic E-state index is 0.00718. The van der Waals surface area contributed by atoms with Crippen LogP contribution in [-0.4, -0.2) is 61.5 Å². The van der Waals surface area contributed by atoms with E-state index in [1.807, 2.05) is 12.1 Å². The number of aliphatic hydroxyl groups excluding tert-OH is 1. The van der Waals surface area contributed by atoms with Crippen LogP contribution in [0, 0.1) is 5.82 Å². The van der Waals surface area contributed by atoms with Gasteiger partial charge in [-0.05, 0) is 56.6 Å². The van der Waals surface area contributed by atoms with Gasteiger partial charge in [-0.2, -0.15) is 0 Å². The van der Waals surface area contributed by atoms with Crippen molar-refractivity contribution in [1.82, 2.24) is 10.2 Å². The number of ether oxygens (including phenoxy) is 2. The normalized spacial score (nSPS) is 16.9. The number of rotatable bonds is 10. The van der Waals surface area contributed by atoms with E-state index in [2.05, 4.69) is 22.3 Å². The van der Waals surface area contributed by atoms with E-state index in [0.29, 0.717) is 18.2 Å². The molecule has 1 unspecified atom stereocenters. The molecule has 2 N–H and O–H groups in total. The van der Waals surface area contributed by atoms with Crippen LogP contribution >= 0.6 is 11.6 Å². The van der Waals surface area contributed by atoms with Gasteiger partial charge < -0.3 is 19.9 Å². The SMILES string of the molecule is COC(=O)C(C)c1ccc(F)cc1OC[C@@H](O)CNC1CCN(Cc2ccc(Cl)cc2)CC1. The highest BCUT2D eigenvalue weighted by atomic mass is 35.5. The number of likely N-dealkylation sites (tertiary alicyclic amines) is 1. The summed E-state index contributed by atoms with van der Waals surface area (Å²) < 4.78 is 24.2. The number of hydrogen-bond donors (Lipinski definition) is 2. The fraction of sp³-hybridized carbons (Fsp3) is 0.480. The molecule has 0 spiro atoms. The molecule has 0 saturated carbocycles. The van der Waals surface area contributed by atoms with Crippen LogP contribution in [0.4, 0.5) is 4.39 Å². The summed E-state index contributed by atoms with van der Waals surface area (Å²) >= 11 is 5.95. The molecule has 3 rings (SSSR count). The zero-order chi connectivity index (χ0) is 23.8. The monoisotopic (exact) mass is 478 g/mol. The van der Waals surface area contributed by atoms with E-state index in [-0.39, 0.29) is 12.4 Å². The first-order chi connectivity index (χ1) is 15.9. The molecule has 2 atom stereocenters. The topological polar surface area (TPSA) is 71.0 Å². The maximum Gasteiger partial charge on any atom is 0.312 e. The van der Waals surface area contributed by atoms with Crippen LogP contribution in [-0.2, 0) is 16.1 Å². The van der Waals surface area contributed by atoms with Crippen molar-refractivity contribution in [3.63, 3.8) is 0 Å². The third-order valence-corrected chi connectivity index (χ3v) is 6.23. The molecule has 8 heteroatoms. The van der Waals surface area contributed by atoms with Gasteiger partial charge in [-0.15, -0.1) is 0 Å². The highest BCUT2D eigenvalue weighted by Gasteiger charge is 2.22. The average molecular weight is 479 g/mol. The summed E-state index contributed by atoms with van der Waals surface area (Å²) in [6.07, 6.45) is 1.22. The number of nitrogens with one attached hydrogen (secondary N) is 1. The summed E-state index contributed by atoms with van der Waals surface area (Å²) in [4.78, 5) is 14.3. The summed E-state index contributed by atoms with van der Waals surface area (Å²) in [5.41, 5.74) is 1.77. The highest BCUT2D eigenvalue weighted by Crippen LogP contribution is 2.28. The minimum atomic E-state index is -0.762. The van der Waals surface area contributed by atoms with Crippen LogP contribution in [0.25, 0.3) is 0 Å². The summed E-state index contributed by atoms with van der Waals surface area (Å²) in [6, 6.07) is 12.3. The Labute approximate surface area is 199 Å². The molecule has 180 valence electrons. The molecule has 0 aliphatic carbocycles. The maximum atomic E-state index is 13.7. The Morgan fingerprint density at radius 3 is 2.61 bits per heavy atom. The fourth-order valence-corrected chi connectivity index (χ4v) is 4.11. The van der Waals surface area contributed by atoms with Gasteiger partial charge in [-0.25, -0.2) is 4.39 Å². The van der Waals surface area contributed by atoms with E-state index < -0.39 is 23.8 Å². The van der Waals surface area contributed by atoms with Gasteiger partial charge in [0.25, 0.3) is 0 Å². The molecule has 1 fully saturated rings. The Hall–Kier alpha value is -2.19. The summed E-state index contributed by atoms with van der Waals surface area (Å²) in [6.45, 7) is 4.89. The third-order valence-electron chi connectivity index (χ3n) is 5.98. The molecular formula is C25H32ClFN2O4. The third kappa shape index (κ3) is 7.67. The van der Waals surface area contributed by atoms with Gasteiger partial charge in [0, 0.05) is 35.8 Å². The van der Waals surface area contributed by atoms with Crippen molar-refractivity contribution in [2.24, 2.45) is 0 Å². The molecule has 1 aliphatic rings. The van der Waals surface area contributed by atoms with Crippen molar-refractivity contribution in [3.05, 3.63) is 64.4 Å². The van der Waals surface area contributed by atoms with Crippen molar-refractivity contribution in [2.45, 2.75) is 44.4 Å². The van der Waals surface area contributed by atoms with E-state index >= 15 is 0 Å². The van der Waals surface area contributed by atoms with Crippen molar-refractivity contribution in [1.29, 1.82) is 0 Å². The molecule has 0 radical (unpaired) electrons. The molecule has 33 heavy (non-hydrogen) atoms. The molecule has 6 nitrogen and oxygen atoms in total. The summed E-state index contributed by atoms with van der Waals surface area (Å²) in [5, 5.41) is 14.5. The van der Waals surface area contributed by atoms with Gasteiger partial charge in [0.05, 0.1) is 13.0 Å². The number of carbonyl (C=O) groups excluding carboxylic acids is 1. The molecule has 0 bridgehead atoms. The van der Waals surface area contributed by atoms with E-state index in [4.69, 9.17) is 21.1 Å². The van der Waals surface area contributed by atoms with E-state index in [1.165, 1.54) is 30.9 Å².